The van der Waals surface area contributed by atoms with Gasteiger partial charge in [0.05, 0.1) is 18.5 Å². The Bertz CT molecular complexity index is 1030. The van der Waals surface area contributed by atoms with Gasteiger partial charge in [-0.2, -0.15) is 0 Å². The van der Waals surface area contributed by atoms with Crippen LogP contribution in [-0.4, -0.2) is 24.6 Å². The molecule has 3 aromatic rings. The number of nitrogens with zero attached hydrogens (tertiary/aromatic N) is 2. The quantitative estimate of drug-likeness (QED) is 0.649. The van der Waals surface area contributed by atoms with Crippen molar-refractivity contribution in [3.05, 3.63) is 90.5 Å². The number of hydrogen-bond acceptors (Lipinski definition) is 4. The van der Waals surface area contributed by atoms with E-state index in [1.807, 2.05) is 36.4 Å². The lowest BCUT2D eigenvalue weighted by Crippen LogP contribution is -2.30. The number of hydrogen-bond donors (Lipinski definition) is 0. The lowest BCUT2D eigenvalue weighted by Gasteiger charge is -2.14. The van der Waals surface area contributed by atoms with Crippen molar-refractivity contribution in [3.63, 3.8) is 0 Å². The number of rotatable bonds is 4. The van der Waals surface area contributed by atoms with Gasteiger partial charge in [0.2, 0.25) is 5.91 Å². The Hall–Kier alpha value is -3.73. The van der Waals surface area contributed by atoms with E-state index in [1.54, 1.807) is 55.6 Å². The van der Waals surface area contributed by atoms with Gasteiger partial charge in [-0.15, -0.1) is 0 Å². The lowest BCUT2D eigenvalue weighted by molar-refractivity contribution is -0.121. The number of methoxy groups -OCH3 is 1. The van der Waals surface area contributed by atoms with E-state index in [0.717, 1.165) is 5.56 Å². The highest BCUT2D eigenvalue weighted by atomic mass is 16.5. The molecule has 1 heterocycles. The molecular weight excluding hydrogens is 352 g/mol. The zero-order chi connectivity index (χ0) is 19.5. The molecule has 5 heteroatoms. The van der Waals surface area contributed by atoms with Gasteiger partial charge in [-0.3, -0.25) is 9.59 Å². The molecular formula is C23H18N2O3. The van der Waals surface area contributed by atoms with Gasteiger partial charge in [-0.1, -0.05) is 48.5 Å². The zero-order valence-electron chi connectivity index (χ0n) is 15.3. The first-order chi connectivity index (χ1) is 13.7. The first kappa shape index (κ1) is 17.7. The van der Waals surface area contributed by atoms with Crippen LogP contribution >= 0.6 is 0 Å². The van der Waals surface area contributed by atoms with Gasteiger partial charge in [-0.05, 0) is 42.0 Å². The Balaban J connectivity index is 1.81. The Morgan fingerprint density at radius 3 is 2.04 bits per heavy atom. The van der Waals surface area contributed by atoms with Crippen LogP contribution in [0.25, 0.3) is 0 Å². The molecule has 0 radical (unpaired) electrons. The third kappa shape index (κ3) is 3.18. The summed E-state index contributed by atoms with van der Waals surface area (Å²) < 4.78 is 5.16. The van der Waals surface area contributed by atoms with Gasteiger partial charge in [0.15, 0.2) is 0 Å². The monoisotopic (exact) mass is 370 g/mol. The average molecular weight is 370 g/mol. The fraction of sp³-hybridized carbons (Fsp3) is 0.0870. The summed E-state index contributed by atoms with van der Waals surface area (Å²) in [7, 11) is 1.59. The first-order valence-corrected chi connectivity index (χ1v) is 8.90. The molecule has 1 aliphatic rings. The molecule has 1 aliphatic heterocycles. The molecule has 0 bridgehead atoms. The molecule has 2 amide bonds. The Morgan fingerprint density at radius 1 is 0.821 bits per heavy atom. The highest BCUT2D eigenvalue weighted by Gasteiger charge is 2.46. The highest BCUT2D eigenvalue weighted by molar-refractivity contribution is 6.59. The van der Waals surface area contributed by atoms with Crippen LogP contribution < -0.4 is 9.64 Å². The van der Waals surface area contributed by atoms with E-state index in [1.165, 1.54) is 4.90 Å². The standard InChI is InChI=1S/C23H18N2O3/c1-28-19-14-12-17(13-15-19)24-21-20(16-8-4-2-5-9-16)22(26)25(23(21)27)18-10-6-3-7-11-18/h2-15,20H,1H3. The number of amides is 2. The van der Waals surface area contributed by atoms with E-state index in [-0.39, 0.29) is 11.6 Å². The van der Waals surface area contributed by atoms with Crippen molar-refractivity contribution >= 4 is 28.9 Å². The third-order valence-corrected chi connectivity index (χ3v) is 4.63. The Morgan fingerprint density at radius 2 is 1.43 bits per heavy atom. The number of benzene rings is 3. The van der Waals surface area contributed by atoms with Gasteiger partial charge in [0.1, 0.15) is 17.4 Å². The van der Waals surface area contributed by atoms with Crippen LogP contribution in [0.15, 0.2) is 89.9 Å². The van der Waals surface area contributed by atoms with Crippen molar-refractivity contribution < 1.29 is 14.3 Å². The second-order valence-corrected chi connectivity index (χ2v) is 6.35. The van der Waals surface area contributed by atoms with Crippen molar-refractivity contribution in [1.82, 2.24) is 0 Å². The predicted octanol–water partition coefficient (Wildman–Crippen LogP) is 4.12. The minimum atomic E-state index is -0.740. The van der Waals surface area contributed by atoms with Crippen LogP contribution in [0.2, 0.25) is 0 Å². The van der Waals surface area contributed by atoms with E-state index in [2.05, 4.69) is 4.99 Å². The summed E-state index contributed by atoms with van der Waals surface area (Å²) in [6, 6.07) is 25.2. The van der Waals surface area contributed by atoms with Gasteiger partial charge >= 0.3 is 0 Å². The summed E-state index contributed by atoms with van der Waals surface area (Å²) in [5, 5.41) is 0. The summed E-state index contributed by atoms with van der Waals surface area (Å²) in [4.78, 5) is 32.2. The van der Waals surface area contributed by atoms with E-state index in [9.17, 15) is 9.59 Å². The highest BCUT2D eigenvalue weighted by Crippen LogP contribution is 2.33. The summed E-state index contributed by atoms with van der Waals surface area (Å²) in [5.41, 5.74) is 2.09. The maximum atomic E-state index is 13.2. The average Bonchev–Trinajstić information content (AvgIpc) is 2.99. The van der Waals surface area contributed by atoms with Crippen molar-refractivity contribution in [2.45, 2.75) is 5.92 Å². The topological polar surface area (TPSA) is 59.0 Å². The maximum absolute atomic E-state index is 13.2. The van der Waals surface area contributed by atoms with Crippen LogP contribution in [0.4, 0.5) is 11.4 Å². The fourth-order valence-electron chi connectivity index (χ4n) is 3.26. The second kappa shape index (κ2) is 7.48. The molecule has 0 aliphatic carbocycles. The molecule has 1 fully saturated rings. The van der Waals surface area contributed by atoms with E-state index in [4.69, 9.17) is 4.74 Å². The van der Waals surface area contributed by atoms with Crippen LogP contribution in [0.1, 0.15) is 11.5 Å². The molecule has 138 valence electrons. The molecule has 0 N–H and O–H groups in total. The molecule has 0 saturated carbocycles. The van der Waals surface area contributed by atoms with Gasteiger partial charge in [-0.25, -0.2) is 9.89 Å². The third-order valence-electron chi connectivity index (χ3n) is 4.63. The molecule has 4 rings (SSSR count). The molecule has 0 spiro atoms. The van der Waals surface area contributed by atoms with Gasteiger partial charge in [0.25, 0.3) is 5.91 Å². The summed E-state index contributed by atoms with van der Waals surface area (Å²) in [6.45, 7) is 0. The number of para-hydroxylation sites is 1. The lowest BCUT2D eigenvalue weighted by atomic mass is 9.96. The molecule has 1 saturated heterocycles. The largest absolute Gasteiger partial charge is 0.497 e. The maximum Gasteiger partial charge on any atom is 0.280 e. The summed E-state index contributed by atoms with van der Waals surface area (Å²) >= 11 is 0. The van der Waals surface area contributed by atoms with Crippen molar-refractivity contribution in [3.8, 4) is 5.75 Å². The number of carbonyl (C=O) groups is 2. The van der Waals surface area contributed by atoms with Crippen LogP contribution in [0.5, 0.6) is 5.75 Å². The number of imide groups is 1. The number of carbonyl (C=O) groups excluding carboxylic acids is 2. The van der Waals surface area contributed by atoms with Crippen molar-refractivity contribution in [1.29, 1.82) is 0 Å². The van der Waals surface area contributed by atoms with Crippen molar-refractivity contribution in [2.75, 3.05) is 12.0 Å². The molecule has 3 aromatic carbocycles. The van der Waals surface area contributed by atoms with Crippen molar-refractivity contribution in [2.24, 2.45) is 4.99 Å². The van der Waals surface area contributed by atoms with Crippen LogP contribution in [-0.2, 0) is 9.59 Å². The van der Waals surface area contributed by atoms with Gasteiger partial charge < -0.3 is 4.74 Å². The van der Waals surface area contributed by atoms with Crippen LogP contribution in [0, 0.1) is 0 Å². The van der Waals surface area contributed by atoms with E-state index < -0.39 is 11.8 Å². The molecule has 28 heavy (non-hydrogen) atoms. The number of ether oxygens (including phenoxy) is 1. The smallest absolute Gasteiger partial charge is 0.280 e. The molecule has 5 nitrogen and oxygen atoms in total. The minimum absolute atomic E-state index is 0.213. The first-order valence-electron chi connectivity index (χ1n) is 8.90. The Kier molecular flexibility index (Phi) is 4.72. The van der Waals surface area contributed by atoms with E-state index in [0.29, 0.717) is 17.1 Å². The molecule has 1 unspecified atom stereocenters. The summed E-state index contributed by atoms with van der Waals surface area (Å²) in [5.74, 6) is -0.741. The number of aliphatic imine (C=N–C) groups is 1. The number of anilines is 1. The zero-order valence-corrected chi connectivity index (χ0v) is 15.3. The minimum Gasteiger partial charge on any atom is -0.497 e. The summed E-state index contributed by atoms with van der Waals surface area (Å²) in [6.07, 6.45) is 0. The fourth-order valence-corrected chi connectivity index (χ4v) is 3.26. The molecule has 1 atom stereocenters. The predicted molar refractivity (Wildman–Crippen MR) is 108 cm³/mol. The normalized spacial score (nSPS) is 18.0. The molecule has 0 aromatic heterocycles. The van der Waals surface area contributed by atoms with Crippen LogP contribution in [0.3, 0.4) is 0 Å². The van der Waals surface area contributed by atoms with E-state index >= 15 is 0 Å². The SMILES string of the molecule is COc1ccc(N=C2C(=O)N(c3ccccc3)C(=O)C2c2ccccc2)cc1. The van der Waals surface area contributed by atoms with Gasteiger partial charge in [0, 0.05) is 0 Å². The second-order valence-electron chi connectivity index (χ2n) is 6.35. The Labute approximate surface area is 162 Å².